The van der Waals surface area contributed by atoms with Gasteiger partial charge in [0.05, 0.1) is 22.0 Å². The van der Waals surface area contributed by atoms with Crippen molar-refractivity contribution in [3.05, 3.63) is 40.2 Å². The van der Waals surface area contributed by atoms with E-state index >= 15 is 0 Å². The molecule has 0 saturated heterocycles. The Bertz CT molecular complexity index is 674. The molecule has 0 atom stereocenters. The minimum Gasteiger partial charge on any atom is -0.399 e. The summed E-state index contributed by atoms with van der Waals surface area (Å²) in [5.74, 6) is -0.257. The molecule has 110 valence electrons. The number of rotatable bonds is 4. The van der Waals surface area contributed by atoms with Gasteiger partial charge in [-0.1, -0.05) is 25.4 Å². The number of nitrogens with one attached hydrogen (secondary N) is 1. The van der Waals surface area contributed by atoms with E-state index in [2.05, 4.69) is 20.5 Å². The van der Waals surface area contributed by atoms with Gasteiger partial charge in [0.2, 0.25) is 5.95 Å². The van der Waals surface area contributed by atoms with Crippen LogP contribution in [0, 0.1) is 0 Å². The molecule has 0 unspecified atom stereocenters. The minimum absolute atomic E-state index is 0.160. The Balaban J connectivity index is 2.25. The standard InChI is InChI=1S/C14H16ClN5O/c1-3-11-12(4-2)19-20-14(17-11)18-13(21)9-7-8(16)5-6-10(9)15/h5-7H,3-4,16H2,1-2H3,(H,17,18,20,21). The van der Waals surface area contributed by atoms with Crippen LogP contribution in [0.4, 0.5) is 11.6 Å². The average Bonchev–Trinajstić information content (AvgIpc) is 2.49. The molecular formula is C14H16ClN5O. The van der Waals surface area contributed by atoms with Crippen molar-refractivity contribution in [1.29, 1.82) is 0 Å². The first-order valence-corrected chi connectivity index (χ1v) is 7.01. The van der Waals surface area contributed by atoms with Gasteiger partial charge in [-0.05, 0) is 31.0 Å². The van der Waals surface area contributed by atoms with Crippen molar-refractivity contribution in [3.63, 3.8) is 0 Å². The zero-order valence-electron chi connectivity index (χ0n) is 11.9. The lowest BCUT2D eigenvalue weighted by molar-refractivity contribution is 0.102. The molecule has 6 nitrogen and oxygen atoms in total. The first-order valence-electron chi connectivity index (χ1n) is 6.64. The molecule has 0 aliphatic heterocycles. The summed E-state index contributed by atoms with van der Waals surface area (Å²) in [6.07, 6.45) is 1.47. The van der Waals surface area contributed by atoms with Crippen molar-refractivity contribution in [1.82, 2.24) is 15.2 Å². The number of hydrogen-bond donors (Lipinski definition) is 2. The number of hydrogen-bond acceptors (Lipinski definition) is 5. The molecule has 1 heterocycles. The van der Waals surface area contributed by atoms with Gasteiger partial charge in [0.1, 0.15) is 0 Å². The highest BCUT2D eigenvalue weighted by Crippen LogP contribution is 2.19. The van der Waals surface area contributed by atoms with Crippen LogP contribution >= 0.6 is 11.6 Å². The molecule has 0 aliphatic carbocycles. The summed E-state index contributed by atoms with van der Waals surface area (Å²) in [6, 6.07) is 4.71. The van der Waals surface area contributed by atoms with E-state index in [0.29, 0.717) is 10.7 Å². The highest BCUT2D eigenvalue weighted by atomic mass is 35.5. The van der Waals surface area contributed by atoms with Gasteiger partial charge in [-0.15, -0.1) is 10.2 Å². The quantitative estimate of drug-likeness (QED) is 0.846. The number of nitrogens with zero attached hydrogens (tertiary/aromatic N) is 3. The average molecular weight is 306 g/mol. The van der Waals surface area contributed by atoms with E-state index in [9.17, 15) is 4.79 Å². The molecule has 0 spiro atoms. The smallest absolute Gasteiger partial charge is 0.259 e. The maximum absolute atomic E-state index is 12.2. The maximum atomic E-state index is 12.2. The van der Waals surface area contributed by atoms with Crippen LogP contribution in [-0.4, -0.2) is 21.1 Å². The SMILES string of the molecule is CCc1nnc(NC(=O)c2cc(N)ccc2Cl)nc1CC. The van der Waals surface area contributed by atoms with E-state index in [1.165, 1.54) is 6.07 Å². The molecular weight excluding hydrogens is 290 g/mol. The molecule has 0 fully saturated rings. The summed E-state index contributed by atoms with van der Waals surface area (Å²) in [5, 5.41) is 10.9. The van der Waals surface area contributed by atoms with Gasteiger partial charge >= 0.3 is 0 Å². The number of carbonyl (C=O) groups excluding carboxylic acids is 1. The van der Waals surface area contributed by atoms with Crippen LogP contribution in [0.3, 0.4) is 0 Å². The summed E-state index contributed by atoms with van der Waals surface area (Å²) in [5.41, 5.74) is 8.05. The predicted molar refractivity (Wildman–Crippen MR) is 82.4 cm³/mol. The summed E-state index contributed by atoms with van der Waals surface area (Å²) in [6.45, 7) is 3.96. The van der Waals surface area contributed by atoms with Gasteiger partial charge in [-0.3, -0.25) is 10.1 Å². The molecule has 0 aliphatic rings. The number of halogens is 1. The van der Waals surface area contributed by atoms with Gasteiger partial charge in [-0.2, -0.15) is 0 Å². The number of anilines is 2. The van der Waals surface area contributed by atoms with Crippen molar-refractivity contribution in [2.75, 3.05) is 11.1 Å². The topological polar surface area (TPSA) is 93.8 Å². The third-order valence-corrected chi connectivity index (χ3v) is 3.30. The van der Waals surface area contributed by atoms with Crippen LogP contribution in [-0.2, 0) is 12.8 Å². The van der Waals surface area contributed by atoms with Gasteiger partial charge < -0.3 is 5.73 Å². The van der Waals surface area contributed by atoms with Crippen molar-refractivity contribution in [3.8, 4) is 0 Å². The molecule has 0 saturated carbocycles. The largest absolute Gasteiger partial charge is 0.399 e. The van der Waals surface area contributed by atoms with Crippen LogP contribution in [0.1, 0.15) is 35.6 Å². The van der Waals surface area contributed by atoms with Crippen molar-refractivity contribution in [2.45, 2.75) is 26.7 Å². The van der Waals surface area contributed by atoms with Gasteiger partial charge in [-0.25, -0.2) is 4.98 Å². The third kappa shape index (κ3) is 3.46. The summed E-state index contributed by atoms with van der Waals surface area (Å²) in [7, 11) is 0. The lowest BCUT2D eigenvalue weighted by Gasteiger charge is -2.08. The Hall–Kier alpha value is -2.21. The predicted octanol–water partition coefficient (Wildman–Crippen LogP) is 2.48. The second-order valence-electron chi connectivity index (χ2n) is 4.43. The third-order valence-electron chi connectivity index (χ3n) is 2.97. The minimum atomic E-state index is -0.416. The summed E-state index contributed by atoms with van der Waals surface area (Å²) >= 11 is 5.99. The van der Waals surface area contributed by atoms with Crippen LogP contribution in [0.25, 0.3) is 0 Å². The number of nitrogens with two attached hydrogens (primary N) is 1. The van der Waals surface area contributed by atoms with E-state index in [1.54, 1.807) is 12.1 Å². The van der Waals surface area contributed by atoms with E-state index in [4.69, 9.17) is 17.3 Å². The molecule has 21 heavy (non-hydrogen) atoms. The van der Waals surface area contributed by atoms with Gasteiger partial charge in [0.25, 0.3) is 5.91 Å². The molecule has 0 bridgehead atoms. The molecule has 2 rings (SSSR count). The molecule has 0 radical (unpaired) electrons. The van der Waals surface area contributed by atoms with Crippen LogP contribution in [0.15, 0.2) is 18.2 Å². The summed E-state index contributed by atoms with van der Waals surface area (Å²) < 4.78 is 0. The Morgan fingerprint density at radius 2 is 1.95 bits per heavy atom. The van der Waals surface area contributed by atoms with Crippen LogP contribution < -0.4 is 11.1 Å². The van der Waals surface area contributed by atoms with Crippen molar-refractivity contribution in [2.24, 2.45) is 0 Å². The second-order valence-corrected chi connectivity index (χ2v) is 4.84. The zero-order chi connectivity index (χ0) is 15.4. The van der Waals surface area contributed by atoms with Crippen LogP contribution in [0.5, 0.6) is 0 Å². The lowest BCUT2D eigenvalue weighted by atomic mass is 10.2. The fourth-order valence-corrected chi connectivity index (χ4v) is 2.08. The summed E-state index contributed by atoms with van der Waals surface area (Å²) in [4.78, 5) is 16.5. The molecule has 2 aromatic rings. The van der Waals surface area contributed by atoms with Gasteiger partial charge in [0, 0.05) is 5.69 Å². The molecule has 7 heteroatoms. The Morgan fingerprint density at radius 3 is 2.62 bits per heavy atom. The first-order chi connectivity index (χ1) is 10.0. The number of carbonyl (C=O) groups is 1. The number of amides is 1. The fraction of sp³-hybridized carbons (Fsp3) is 0.286. The van der Waals surface area contributed by atoms with E-state index in [-0.39, 0.29) is 11.5 Å². The Labute approximate surface area is 127 Å². The molecule has 1 aromatic carbocycles. The highest BCUT2D eigenvalue weighted by molar-refractivity contribution is 6.34. The highest BCUT2D eigenvalue weighted by Gasteiger charge is 2.14. The lowest BCUT2D eigenvalue weighted by Crippen LogP contribution is -2.17. The fourth-order valence-electron chi connectivity index (χ4n) is 1.88. The number of nitrogen functional groups attached to an aromatic ring is 1. The van der Waals surface area contributed by atoms with E-state index < -0.39 is 5.91 Å². The number of aryl methyl sites for hydroxylation is 2. The monoisotopic (exact) mass is 305 g/mol. The van der Waals surface area contributed by atoms with Crippen LogP contribution in [0.2, 0.25) is 5.02 Å². The van der Waals surface area contributed by atoms with E-state index in [0.717, 1.165) is 24.2 Å². The first kappa shape index (κ1) is 15.2. The second kappa shape index (κ2) is 6.49. The normalized spacial score (nSPS) is 10.4. The van der Waals surface area contributed by atoms with Crippen molar-refractivity contribution >= 4 is 29.1 Å². The molecule has 3 N–H and O–H groups in total. The molecule has 1 aromatic heterocycles. The van der Waals surface area contributed by atoms with E-state index in [1.807, 2.05) is 13.8 Å². The number of aromatic nitrogens is 3. The van der Waals surface area contributed by atoms with Crippen molar-refractivity contribution < 1.29 is 4.79 Å². The maximum Gasteiger partial charge on any atom is 0.259 e. The zero-order valence-corrected chi connectivity index (χ0v) is 12.6. The Kier molecular flexibility index (Phi) is 4.70. The Morgan fingerprint density at radius 1 is 1.24 bits per heavy atom. The van der Waals surface area contributed by atoms with Gasteiger partial charge in [0.15, 0.2) is 0 Å². The number of benzene rings is 1. The molecule has 1 amide bonds.